The first-order valence-corrected chi connectivity index (χ1v) is 6.45. The van der Waals surface area contributed by atoms with E-state index in [9.17, 15) is 4.79 Å². The summed E-state index contributed by atoms with van der Waals surface area (Å²) in [6.07, 6.45) is 7.87. The van der Waals surface area contributed by atoms with Gasteiger partial charge in [-0.25, -0.2) is 0 Å². The smallest absolute Gasteiger partial charge is 0.303 e. The van der Waals surface area contributed by atoms with E-state index in [1.54, 1.807) is 0 Å². The van der Waals surface area contributed by atoms with Crippen molar-refractivity contribution in [1.82, 2.24) is 0 Å². The van der Waals surface area contributed by atoms with Gasteiger partial charge in [-0.3, -0.25) is 4.79 Å². The molecule has 0 aliphatic heterocycles. The molecule has 0 saturated carbocycles. The quantitative estimate of drug-likeness (QED) is 0.663. The van der Waals surface area contributed by atoms with Gasteiger partial charge in [0.15, 0.2) is 0 Å². The summed E-state index contributed by atoms with van der Waals surface area (Å²) in [4.78, 5) is 10.3. The second-order valence-electron chi connectivity index (χ2n) is 4.53. The van der Waals surface area contributed by atoms with Gasteiger partial charge in [0, 0.05) is 12.8 Å². The van der Waals surface area contributed by atoms with Crippen molar-refractivity contribution < 1.29 is 14.3 Å². The fourth-order valence-corrected chi connectivity index (χ4v) is 1.90. The Balaban J connectivity index is 1.89. The number of carbonyl (C=O) groups is 1. The van der Waals surface area contributed by atoms with Crippen molar-refractivity contribution >= 4 is 5.97 Å². The topological polar surface area (TPSA) is 50.4 Å². The predicted molar refractivity (Wildman–Crippen MR) is 67.1 cm³/mol. The number of carboxylic acids is 1. The van der Waals surface area contributed by atoms with Crippen LogP contribution in [0.5, 0.6) is 0 Å². The van der Waals surface area contributed by atoms with Gasteiger partial charge in [-0.15, -0.1) is 0 Å². The molecule has 0 radical (unpaired) electrons. The minimum atomic E-state index is -0.682. The average Bonchev–Trinajstić information content (AvgIpc) is 2.68. The molecule has 0 aliphatic carbocycles. The number of hydrogen-bond donors (Lipinski definition) is 1. The van der Waals surface area contributed by atoms with E-state index in [1.807, 2.05) is 19.1 Å². The highest BCUT2D eigenvalue weighted by Gasteiger charge is 1.99. The maximum absolute atomic E-state index is 10.3. The molecule has 1 rings (SSSR count). The van der Waals surface area contributed by atoms with Gasteiger partial charge in [0.25, 0.3) is 0 Å². The molecule has 17 heavy (non-hydrogen) atoms. The van der Waals surface area contributed by atoms with E-state index in [0.29, 0.717) is 6.42 Å². The fraction of sp³-hybridized carbons (Fsp3) is 0.643. The largest absolute Gasteiger partial charge is 0.481 e. The molecule has 1 N–H and O–H groups in total. The minimum absolute atomic E-state index is 0.311. The van der Waals surface area contributed by atoms with Crippen molar-refractivity contribution in [3.8, 4) is 0 Å². The minimum Gasteiger partial charge on any atom is -0.481 e. The number of aliphatic carboxylic acids is 1. The van der Waals surface area contributed by atoms with Crippen LogP contribution in [0.2, 0.25) is 0 Å². The number of unbranched alkanes of at least 4 members (excludes halogenated alkanes) is 5. The summed E-state index contributed by atoms with van der Waals surface area (Å²) in [7, 11) is 0. The Hall–Kier alpha value is -1.25. The lowest BCUT2D eigenvalue weighted by Gasteiger charge is -2.00. The Bertz CT molecular complexity index is 328. The summed E-state index contributed by atoms with van der Waals surface area (Å²) in [5.41, 5.74) is 0. The van der Waals surface area contributed by atoms with Crippen molar-refractivity contribution in [3.05, 3.63) is 23.7 Å². The summed E-state index contributed by atoms with van der Waals surface area (Å²) in [6, 6.07) is 4.05. The summed E-state index contributed by atoms with van der Waals surface area (Å²) >= 11 is 0. The molecule has 1 heterocycles. The molecule has 0 amide bonds. The third-order valence-electron chi connectivity index (χ3n) is 2.86. The van der Waals surface area contributed by atoms with Crippen LogP contribution in [0.25, 0.3) is 0 Å². The van der Waals surface area contributed by atoms with Crippen LogP contribution in [0.3, 0.4) is 0 Å². The third kappa shape index (κ3) is 6.82. The summed E-state index contributed by atoms with van der Waals surface area (Å²) in [5.74, 6) is 1.38. The van der Waals surface area contributed by atoms with Gasteiger partial charge in [0.1, 0.15) is 11.5 Å². The molecule has 0 atom stereocenters. The van der Waals surface area contributed by atoms with E-state index in [1.165, 1.54) is 12.8 Å². The van der Waals surface area contributed by atoms with Crippen molar-refractivity contribution in [2.24, 2.45) is 0 Å². The second-order valence-corrected chi connectivity index (χ2v) is 4.53. The zero-order valence-corrected chi connectivity index (χ0v) is 10.6. The number of carboxylic acid groups (broad SMARTS) is 1. The first kappa shape index (κ1) is 13.8. The molecule has 0 bridgehead atoms. The number of aryl methyl sites for hydroxylation is 2. The van der Waals surface area contributed by atoms with Gasteiger partial charge in [0.2, 0.25) is 0 Å². The van der Waals surface area contributed by atoms with Gasteiger partial charge in [-0.2, -0.15) is 0 Å². The van der Waals surface area contributed by atoms with Crippen LogP contribution in [0.4, 0.5) is 0 Å². The first-order valence-electron chi connectivity index (χ1n) is 6.45. The van der Waals surface area contributed by atoms with Crippen molar-refractivity contribution in [2.45, 2.75) is 58.3 Å². The van der Waals surface area contributed by atoms with Gasteiger partial charge in [-0.05, 0) is 31.9 Å². The monoisotopic (exact) mass is 238 g/mol. The maximum atomic E-state index is 10.3. The normalized spacial score (nSPS) is 10.6. The van der Waals surface area contributed by atoms with Crippen LogP contribution in [0, 0.1) is 6.92 Å². The van der Waals surface area contributed by atoms with Crippen LogP contribution in [-0.2, 0) is 11.2 Å². The molecule has 0 unspecified atom stereocenters. The standard InChI is InChI=1S/C14H22O3/c1-12-10-11-13(17-12)8-6-4-2-3-5-7-9-14(15)16/h10-11H,2-9H2,1H3,(H,15,16). The number of hydrogen-bond acceptors (Lipinski definition) is 2. The lowest BCUT2D eigenvalue weighted by Crippen LogP contribution is -1.93. The second kappa shape index (κ2) is 7.93. The maximum Gasteiger partial charge on any atom is 0.303 e. The number of rotatable bonds is 9. The van der Waals surface area contributed by atoms with Crippen molar-refractivity contribution in [3.63, 3.8) is 0 Å². The van der Waals surface area contributed by atoms with Crippen LogP contribution in [0.15, 0.2) is 16.5 Å². The summed E-state index contributed by atoms with van der Waals surface area (Å²) in [6.45, 7) is 1.96. The Morgan fingerprint density at radius 2 is 1.76 bits per heavy atom. The molecular formula is C14H22O3. The van der Waals surface area contributed by atoms with Crippen LogP contribution in [0.1, 0.15) is 56.5 Å². The Morgan fingerprint density at radius 1 is 1.12 bits per heavy atom. The molecule has 0 saturated heterocycles. The van der Waals surface area contributed by atoms with Crippen molar-refractivity contribution in [1.29, 1.82) is 0 Å². The van der Waals surface area contributed by atoms with E-state index >= 15 is 0 Å². The molecule has 1 aromatic heterocycles. The van der Waals surface area contributed by atoms with E-state index in [-0.39, 0.29) is 0 Å². The van der Waals surface area contributed by atoms with E-state index < -0.39 is 5.97 Å². The molecule has 3 heteroatoms. The van der Waals surface area contributed by atoms with Gasteiger partial charge in [-0.1, -0.05) is 25.7 Å². The van der Waals surface area contributed by atoms with Gasteiger partial charge in [0.05, 0.1) is 0 Å². The highest BCUT2D eigenvalue weighted by Crippen LogP contribution is 2.12. The predicted octanol–water partition coefficient (Wildman–Crippen LogP) is 3.95. The van der Waals surface area contributed by atoms with Crippen molar-refractivity contribution in [2.75, 3.05) is 0 Å². The highest BCUT2D eigenvalue weighted by atomic mass is 16.4. The van der Waals surface area contributed by atoms with Crippen LogP contribution < -0.4 is 0 Å². The molecule has 0 aliphatic rings. The third-order valence-corrected chi connectivity index (χ3v) is 2.86. The number of furan rings is 1. The van der Waals surface area contributed by atoms with Crippen LogP contribution in [-0.4, -0.2) is 11.1 Å². The lowest BCUT2D eigenvalue weighted by molar-refractivity contribution is -0.137. The van der Waals surface area contributed by atoms with Crippen LogP contribution >= 0.6 is 0 Å². The Morgan fingerprint density at radius 3 is 2.35 bits per heavy atom. The Kier molecular flexibility index (Phi) is 6.45. The van der Waals surface area contributed by atoms with Gasteiger partial charge < -0.3 is 9.52 Å². The zero-order valence-electron chi connectivity index (χ0n) is 10.6. The van der Waals surface area contributed by atoms with E-state index in [0.717, 1.165) is 43.6 Å². The molecular weight excluding hydrogens is 216 g/mol. The molecule has 96 valence electrons. The fourth-order valence-electron chi connectivity index (χ4n) is 1.90. The Labute approximate surface area is 103 Å². The molecule has 0 spiro atoms. The molecule has 0 fully saturated rings. The highest BCUT2D eigenvalue weighted by molar-refractivity contribution is 5.66. The molecule has 1 aromatic rings. The average molecular weight is 238 g/mol. The molecule has 0 aromatic carbocycles. The lowest BCUT2D eigenvalue weighted by atomic mass is 10.1. The summed E-state index contributed by atoms with van der Waals surface area (Å²) in [5, 5.41) is 8.47. The zero-order chi connectivity index (χ0) is 12.5. The SMILES string of the molecule is Cc1ccc(CCCCCCCCC(=O)O)o1. The van der Waals surface area contributed by atoms with Gasteiger partial charge >= 0.3 is 5.97 Å². The van der Waals surface area contributed by atoms with E-state index in [2.05, 4.69) is 0 Å². The first-order chi connectivity index (χ1) is 8.18. The summed E-state index contributed by atoms with van der Waals surface area (Å²) < 4.78 is 5.49. The van der Waals surface area contributed by atoms with E-state index in [4.69, 9.17) is 9.52 Å². The molecule has 3 nitrogen and oxygen atoms in total.